The Morgan fingerprint density at radius 2 is 1.22 bits per heavy atom. The predicted molar refractivity (Wildman–Crippen MR) is 37.5 cm³/mol. The summed E-state index contributed by atoms with van der Waals surface area (Å²) in [6, 6.07) is 0. The van der Waals surface area contributed by atoms with Crippen molar-refractivity contribution < 1.29 is 5.11 Å². The Bertz CT molecular complexity index is 63.0. The van der Waals surface area contributed by atoms with Gasteiger partial charge >= 0.3 is 0 Å². The quantitative estimate of drug-likeness (QED) is 0.530. The lowest BCUT2D eigenvalue weighted by Gasteiger charge is -2.12. The molecule has 0 aromatic rings. The van der Waals surface area contributed by atoms with Crippen molar-refractivity contribution >= 4 is 0 Å². The number of aliphatic hydroxyl groups excluding tert-OH is 1. The van der Waals surface area contributed by atoms with Gasteiger partial charge in [0.05, 0.1) is 6.10 Å². The summed E-state index contributed by atoms with van der Waals surface area (Å²) in [5, 5.41) is 9.13. The molecular weight excluding hydrogens is 112 g/mol. The van der Waals surface area contributed by atoms with Gasteiger partial charge in [0.15, 0.2) is 0 Å². The number of hydrogen-bond donors (Lipinski definition) is 1. The van der Waals surface area contributed by atoms with Crippen molar-refractivity contribution in [3.8, 4) is 0 Å². The molecule has 1 rings (SSSR count). The van der Waals surface area contributed by atoms with Crippen LogP contribution in [-0.4, -0.2) is 5.11 Å². The van der Waals surface area contributed by atoms with Gasteiger partial charge in [-0.2, -0.15) is 0 Å². The topological polar surface area (TPSA) is 20.2 Å². The molecule has 1 saturated carbocycles. The van der Waals surface area contributed by atoms with E-state index < -0.39 is 0 Å². The van der Waals surface area contributed by atoms with E-state index in [0.717, 1.165) is 18.9 Å². The molecule has 53 valence electrons. The third-order valence-corrected chi connectivity index (χ3v) is 1.93. The van der Waals surface area contributed by atoms with Gasteiger partial charge in [-0.05, 0) is 12.8 Å². The van der Waals surface area contributed by atoms with E-state index in [1.165, 1.54) is 32.1 Å². The summed E-state index contributed by atoms with van der Waals surface area (Å²) in [6.07, 6.45) is 9.04. The average molecular weight is 127 g/mol. The molecule has 1 heteroatoms. The molecule has 1 aliphatic carbocycles. The maximum Gasteiger partial charge on any atom is 0.0933 e. The van der Waals surface area contributed by atoms with Crippen LogP contribution in [0.5, 0.6) is 0 Å². The van der Waals surface area contributed by atoms with Crippen molar-refractivity contribution in [2.45, 2.75) is 44.9 Å². The molecule has 0 unspecified atom stereocenters. The highest BCUT2D eigenvalue weighted by Crippen LogP contribution is 2.20. The molecule has 1 nitrogen and oxygen atoms in total. The van der Waals surface area contributed by atoms with Crippen molar-refractivity contribution in [2.75, 3.05) is 0 Å². The third-order valence-electron chi connectivity index (χ3n) is 1.93. The van der Waals surface area contributed by atoms with E-state index >= 15 is 0 Å². The lowest BCUT2D eigenvalue weighted by Crippen LogP contribution is -1.98. The Balaban J connectivity index is 2.12. The normalized spacial score (nSPS) is 25.0. The summed E-state index contributed by atoms with van der Waals surface area (Å²) in [5.41, 5.74) is 0. The summed E-state index contributed by atoms with van der Waals surface area (Å²) in [7, 11) is 0. The van der Waals surface area contributed by atoms with E-state index in [1.54, 1.807) is 0 Å². The van der Waals surface area contributed by atoms with Crippen LogP contribution in [0.3, 0.4) is 0 Å². The molecule has 0 spiro atoms. The lowest BCUT2D eigenvalue weighted by molar-refractivity contribution is 0.250. The van der Waals surface area contributed by atoms with Gasteiger partial charge < -0.3 is 5.11 Å². The Labute approximate surface area is 57.1 Å². The largest absolute Gasteiger partial charge is 0.387 e. The van der Waals surface area contributed by atoms with Gasteiger partial charge in [0, 0.05) is 0 Å². The van der Waals surface area contributed by atoms with Gasteiger partial charge in [0.2, 0.25) is 0 Å². The molecule has 1 N–H and O–H groups in total. The fourth-order valence-corrected chi connectivity index (χ4v) is 1.31. The standard InChI is InChI=1S/C8H15O/c9-8-6-4-2-1-3-5-7-8/h9H,1-7H2. The van der Waals surface area contributed by atoms with E-state index in [1.807, 2.05) is 0 Å². The first-order valence-electron chi connectivity index (χ1n) is 3.93. The van der Waals surface area contributed by atoms with Crippen molar-refractivity contribution in [2.24, 2.45) is 0 Å². The molecule has 0 bridgehead atoms. The zero-order valence-electron chi connectivity index (χ0n) is 5.90. The van der Waals surface area contributed by atoms with Crippen LogP contribution in [0.25, 0.3) is 0 Å². The fourth-order valence-electron chi connectivity index (χ4n) is 1.31. The SMILES string of the molecule is O[C]1CCCCCCC1. The summed E-state index contributed by atoms with van der Waals surface area (Å²) >= 11 is 0. The van der Waals surface area contributed by atoms with Crippen LogP contribution in [0.1, 0.15) is 44.9 Å². The zero-order chi connectivity index (χ0) is 6.53. The highest BCUT2D eigenvalue weighted by Gasteiger charge is 2.07. The molecule has 0 aromatic heterocycles. The highest BCUT2D eigenvalue weighted by atomic mass is 16.3. The fraction of sp³-hybridized carbons (Fsp3) is 0.875. The molecule has 0 saturated heterocycles. The molecule has 0 aromatic carbocycles. The monoisotopic (exact) mass is 127 g/mol. The predicted octanol–water partition coefficient (Wildman–Crippen LogP) is 2.64. The Morgan fingerprint density at radius 1 is 0.778 bits per heavy atom. The van der Waals surface area contributed by atoms with Gasteiger partial charge in [0.1, 0.15) is 0 Å². The summed E-state index contributed by atoms with van der Waals surface area (Å²) < 4.78 is 0. The molecule has 1 radical (unpaired) electrons. The minimum Gasteiger partial charge on any atom is -0.387 e. The second-order valence-electron chi connectivity index (χ2n) is 2.83. The first-order valence-corrected chi connectivity index (χ1v) is 3.93. The number of rotatable bonds is 0. The summed E-state index contributed by atoms with van der Waals surface area (Å²) in [4.78, 5) is 0. The van der Waals surface area contributed by atoms with Crippen LogP contribution in [0, 0.1) is 6.10 Å². The molecule has 9 heavy (non-hydrogen) atoms. The minimum atomic E-state index is 0.731. The van der Waals surface area contributed by atoms with Crippen LogP contribution >= 0.6 is 0 Å². The van der Waals surface area contributed by atoms with E-state index in [-0.39, 0.29) is 0 Å². The summed E-state index contributed by atoms with van der Waals surface area (Å²) in [6.45, 7) is 0. The van der Waals surface area contributed by atoms with E-state index in [9.17, 15) is 0 Å². The lowest BCUT2D eigenvalue weighted by atomic mass is 9.99. The second-order valence-corrected chi connectivity index (χ2v) is 2.83. The third kappa shape index (κ3) is 2.85. The van der Waals surface area contributed by atoms with Gasteiger partial charge in [0.25, 0.3) is 0 Å². The van der Waals surface area contributed by atoms with E-state index in [2.05, 4.69) is 0 Å². The minimum absolute atomic E-state index is 0.731. The van der Waals surface area contributed by atoms with Crippen LogP contribution in [0.4, 0.5) is 0 Å². The van der Waals surface area contributed by atoms with Crippen molar-refractivity contribution in [3.05, 3.63) is 6.10 Å². The van der Waals surface area contributed by atoms with Crippen LogP contribution < -0.4 is 0 Å². The molecule has 0 atom stereocenters. The van der Waals surface area contributed by atoms with Gasteiger partial charge in [-0.25, -0.2) is 0 Å². The first-order chi connectivity index (χ1) is 4.39. The Hall–Kier alpha value is -0.0400. The molecular formula is C8H15O. The molecule has 0 heterocycles. The second kappa shape index (κ2) is 3.89. The molecule has 1 aliphatic rings. The van der Waals surface area contributed by atoms with Crippen molar-refractivity contribution in [1.82, 2.24) is 0 Å². The maximum absolute atomic E-state index is 9.13. The smallest absolute Gasteiger partial charge is 0.0933 e. The van der Waals surface area contributed by atoms with Crippen molar-refractivity contribution in [1.29, 1.82) is 0 Å². The summed E-state index contributed by atoms with van der Waals surface area (Å²) in [5.74, 6) is 0. The van der Waals surface area contributed by atoms with E-state index in [0.29, 0.717) is 0 Å². The van der Waals surface area contributed by atoms with Gasteiger partial charge in [-0.15, -0.1) is 0 Å². The molecule has 0 aliphatic heterocycles. The zero-order valence-corrected chi connectivity index (χ0v) is 5.90. The average Bonchev–Trinajstić information content (AvgIpc) is 1.79. The molecule has 0 amide bonds. The van der Waals surface area contributed by atoms with Crippen molar-refractivity contribution in [3.63, 3.8) is 0 Å². The molecule has 1 fully saturated rings. The highest BCUT2D eigenvalue weighted by molar-refractivity contribution is 4.76. The van der Waals surface area contributed by atoms with E-state index in [4.69, 9.17) is 5.11 Å². The van der Waals surface area contributed by atoms with Gasteiger partial charge in [-0.3, -0.25) is 0 Å². The van der Waals surface area contributed by atoms with Crippen LogP contribution in [-0.2, 0) is 0 Å². The first kappa shape index (κ1) is 7.07. The Kier molecular flexibility index (Phi) is 3.05. The van der Waals surface area contributed by atoms with Crippen LogP contribution in [0.2, 0.25) is 0 Å². The van der Waals surface area contributed by atoms with Crippen LogP contribution in [0.15, 0.2) is 0 Å². The number of aliphatic hydroxyl groups is 1. The number of hydrogen-bond acceptors (Lipinski definition) is 1. The van der Waals surface area contributed by atoms with Gasteiger partial charge in [-0.1, -0.05) is 32.1 Å². The Morgan fingerprint density at radius 3 is 1.78 bits per heavy atom. The maximum atomic E-state index is 9.13.